The molecule has 5 nitrogen and oxygen atoms in total. The van der Waals surface area contributed by atoms with Gasteiger partial charge in [0.05, 0.1) is 11.0 Å². The van der Waals surface area contributed by atoms with E-state index in [2.05, 4.69) is 5.32 Å². The van der Waals surface area contributed by atoms with Crippen molar-refractivity contribution in [1.29, 1.82) is 0 Å². The molecule has 2 fully saturated rings. The van der Waals surface area contributed by atoms with Crippen molar-refractivity contribution < 1.29 is 13.2 Å². The number of nitrogens with two attached hydrogens (primary N) is 1. The monoisotopic (exact) mass is 288 g/mol. The molecule has 0 saturated heterocycles. The predicted molar refractivity (Wildman–Crippen MR) is 74.4 cm³/mol. The van der Waals surface area contributed by atoms with Gasteiger partial charge in [0, 0.05) is 19.0 Å². The fraction of sp³-hybridized carbons (Fsp3) is 0.923. The Labute approximate surface area is 115 Å². The Kier molecular flexibility index (Phi) is 4.84. The molecule has 2 saturated carbocycles. The zero-order valence-electron chi connectivity index (χ0n) is 11.3. The van der Waals surface area contributed by atoms with Gasteiger partial charge in [0.2, 0.25) is 5.91 Å². The normalized spacial score (nSPS) is 22.4. The molecule has 2 aliphatic carbocycles. The molecule has 0 radical (unpaired) electrons. The molecule has 6 heteroatoms. The van der Waals surface area contributed by atoms with Gasteiger partial charge in [0.15, 0.2) is 9.84 Å². The van der Waals surface area contributed by atoms with E-state index in [-0.39, 0.29) is 29.4 Å². The van der Waals surface area contributed by atoms with Gasteiger partial charge in [-0.15, -0.1) is 0 Å². The van der Waals surface area contributed by atoms with E-state index in [1.165, 1.54) is 0 Å². The molecule has 0 heterocycles. The maximum Gasteiger partial charge on any atom is 0.221 e. The van der Waals surface area contributed by atoms with Gasteiger partial charge in [0.1, 0.15) is 0 Å². The molecule has 0 aliphatic heterocycles. The molecule has 110 valence electrons. The second kappa shape index (κ2) is 6.22. The van der Waals surface area contributed by atoms with Gasteiger partial charge in [-0.1, -0.05) is 12.8 Å². The quantitative estimate of drug-likeness (QED) is 0.717. The third-order valence-corrected chi connectivity index (χ3v) is 6.48. The number of carbonyl (C=O) groups is 1. The van der Waals surface area contributed by atoms with Crippen LogP contribution in [-0.4, -0.2) is 37.9 Å². The number of carbonyl (C=O) groups excluding carboxylic acids is 1. The number of amides is 1. The Balaban J connectivity index is 1.76. The van der Waals surface area contributed by atoms with Crippen LogP contribution in [0.4, 0.5) is 0 Å². The van der Waals surface area contributed by atoms with Gasteiger partial charge in [0.25, 0.3) is 0 Å². The molecule has 0 spiro atoms. The molecular formula is C13H24N2O3S. The van der Waals surface area contributed by atoms with Crippen molar-refractivity contribution in [1.82, 2.24) is 5.32 Å². The van der Waals surface area contributed by atoms with E-state index in [1.54, 1.807) is 0 Å². The van der Waals surface area contributed by atoms with Crippen LogP contribution in [0.5, 0.6) is 0 Å². The van der Waals surface area contributed by atoms with E-state index in [0.717, 1.165) is 38.5 Å². The molecule has 2 rings (SSSR count). The van der Waals surface area contributed by atoms with E-state index in [0.29, 0.717) is 12.5 Å². The van der Waals surface area contributed by atoms with Crippen molar-refractivity contribution in [2.24, 2.45) is 11.7 Å². The van der Waals surface area contributed by atoms with Crippen LogP contribution in [0.1, 0.15) is 44.9 Å². The highest BCUT2D eigenvalue weighted by atomic mass is 32.2. The van der Waals surface area contributed by atoms with Gasteiger partial charge in [-0.2, -0.15) is 0 Å². The topological polar surface area (TPSA) is 89.3 Å². The summed E-state index contributed by atoms with van der Waals surface area (Å²) in [5.74, 6) is 0.301. The minimum atomic E-state index is -3.09. The van der Waals surface area contributed by atoms with Crippen molar-refractivity contribution in [2.75, 3.05) is 12.3 Å². The second-order valence-corrected chi connectivity index (χ2v) is 8.17. The number of nitrogens with one attached hydrogen (secondary N) is 1. The van der Waals surface area contributed by atoms with Crippen LogP contribution >= 0.6 is 0 Å². The second-order valence-electron chi connectivity index (χ2n) is 5.77. The van der Waals surface area contributed by atoms with Crippen LogP contribution in [0.25, 0.3) is 0 Å². The lowest BCUT2D eigenvalue weighted by Crippen LogP contribution is -2.42. The number of sulfone groups is 1. The summed E-state index contributed by atoms with van der Waals surface area (Å²) >= 11 is 0. The summed E-state index contributed by atoms with van der Waals surface area (Å²) < 4.78 is 24.1. The minimum absolute atomic E-state index is 0.0224. The van der Waals surface area contributed by atoms with Gasteiger partial charge in [-0.25, -0.2) is 8.42 Å². The maximum absolute atomic E-state index is 12.0. The molecule has 1 unspecified atom stereocenters. The fourth-order valence-corrected chi connectivity index (χ4v) is 4.65. The van der Waals surface area contributed by atoms with E-state index < -0.39 is 9.84 Å². The van der Waals surface area contributed by atoms with Gasteiger partial charge >= 0.3 is 0 Å². The van der Waals surface area contributed by atoms with Crippen LogP contribution in [0.2, 0.25) is 0 Å². The van der Waals surface area contributed by atoms with Crippen molar-refractivity contribution >= 4 is 15.7 Å². The molecule has 0 aromatic heterocycles. The Hall–Kier alpha value is -0.620. The van der Waals surface area contributed by atoms with Crippen LogP contribution in [0.15, 0.2) is 0 Å². The summed E-state index contributed by atoms with van der Waals surface area (Å²) in [4.78, 5) is 11.8. The van der Waals surface area contributed by atoms with Gasteiger partial charge in [-0.05, 0) is 31.6 Å². The first-order valence-electron chi connectivity index (χ1n) is 7.24. The predicted octanol–water partition coefficient (Wildman–Crippen LogP) is 0.587. The van der Waals surface area contributed by atoms with Crippen molar-refractivity contribution in [3.05, 3.63) is 0 Å². The number of hydrogen-bond acceptors (Lipinski definition) is 4. The largest absolute Gasteiger partial charge is 0.352 e. The highest BCUT2D eigenvalue weighted by Gasteiger charge is 2.32. The number of hydrogen-bond donors (Lipinski definition) is 2. The van der Waals surface area contributed by atoms with Gasteiger partial charge in [-0.3, -0.25) is 4.79 Å². The average Bonchev–Trinajstić information content (AvgIpc) is 3.06. The third-order valence-electron chi connectivity index (χ3n) is 4.22. The summed E-state index contributed by atoms with van der Waals surface area (Å²) in [6.07, 6.45) is 5.81. The lowest BCUT2D eigenvalue weighted by molar-refractivity contribution is -0.121. The zero-order valence-corrected chi connectivity index (χ0v) is 12.1. The van der Waals surface area contributed by atoms with Crippen LogP contribution in [0, 0.1) is 5.92 Å². The zero-order chi connectivity index (χ0) is 13.9. The van der Waals surface area contributed by atoms with Crippen LogP contribution in [0.3, 0.4) is 0 Å². The molecule has 19 heavy (non-hydrogen) atoms. The van der Waals surface area contributed by atoms with Crippen LogP contribution in [-0.2, 0) is 14.6 Å². The molecular weight excluding hydrogens is 264 g/mol. The highest BCUT2D eigenvalue weighted by Crippen LogP contribution is 2.32. The Bertz CT molecular complexity index is 412. The first-order valence-corrected chi connectivity index (χ1v) is 8.95. The van der Waals surface area contributed by atoms with Gasteiger partial charge < -0.3 is 11.1 Å². The summed E-state index contributed by atoms with van der Waals surface area (Å²) in [6, 6.07) is 0.0293. The van der Waals surface area contributed by atoms with E-state index in [1.807, 2.05) is 0 Å². The summed E-state index contributed by atoms with van der Waals surface area (Å²) in [6.45, 7) is 0.436. The summed E-state index contributed by atoms with van der Waals surface area (Å²) in [5, 5.41) is 2.65. The summed E-state index contributed by atoms with van der Waals surface area (Å²) in [5.41, 5.74) is 5.61. The van der Waals surface area contributed by atoms with E-state index in [4.69, 9.17) is 5.73 Å². The summed E-state index contributed by atoms with van der Waals surface area (Å²) in [7, 11) is -3.09. The molecule has 1 atom stereocenters. The SMILES string of the molecule is NCC(NC(=O)CCS(=O)(=O)C1CCCC1)C1CC1. The lowest BCUT2D eigenvalue weighted by atomic mass is 10.2. The molecule has 0 aromatic rings. The first kappa shape index (κ1) is 14.8. The molecule has 0 bridgehead atoms. The number of rotatable bonds is 7. The minimum Gasteiger partial charge on any atom is -0.352 e. The van der Waals surface area contributed by atoms with Crippen molar-refractivity contribution in [3.8, 4) is 0 Å². The maximum atomic E-state index is 12.0. The standard InChI is InChI=1S/C13H24N2O3S/c14-9-12(10-5-6-10)15-13(16)7-8-19(17,18)11-3-1-2-4-11/h10-12H,1-9,14H2,(H,15,16). The molecule has 3 N–H and O–H groups in total. The van der Waals surface area contributed by atoms with Crippen LogP contribution < -0.4 is 11.1 Å². The van der Waals surface area contributed by atoms with E-state index >= 15 is 0 Å². The molecule has 2 aliphatic rings. The lowest BCUT2D eigenvalue weighted by Gasteiger charge is -2.16. The fourth-order valence-electron chi connectivity index (χ4n) is 2.80. The Morgan fingerprint density at radius 3 is 2.37 bits per heavy atom. The smallest absolute Gasteiger partial charge is 0.221 e. The van der Waals surface area contributed by atoms with Crippen molar-refractivity contribution in [2.45, 2.75) is 56.2 Å². The first-order chi connectivity index (χ1) is 9.03. The van der Waals surface area contributed by atoms with E-state index in [9.17, 15) is 13.2 Å². The Morgan fingerprint density at radius 2 is 1.84 bits per heavy atom. The third kappa shape index (κ3) is 4.18. The molecule has 0 aromatic carbocycles. The molecule has 1 amide bonds. The van der Waals surface area contributed by atoms with Crippen molar-refractivity contribution in [3.63, 3.8) is 0 Å². The average molecular weight is 288 g/mol. The Morgan fingerprint density at radius 1 is 1.21 bits per heavy atom. The highest BCUT2D eigenvalue weighted by molar-refractivity contribution is 7.92.